The largest absolute Gasteiger partial charge is 0.478 e. The topological polar surface area (TPSA) is 84.2 Å². The fourth-order valence-electron chi connectivity index (χ4n) is 2.65. The summed E-state index contributed by atoms with van der Waals surface area (Å²) in [5.41, 5.74) is 0.637. The molecule has 2 N–H and O–H groups in total. The van der Waals surface area contributed by atoms with Gasteiger partial charge < -0.3 is 10.4 Å². The molecular formula is C18H20FN3O3. The van der Waals surface area contributed by atoms with Crippen LogP contribution >= 0.6 is 0 Å². The van der Waals surface area contributed by atoms with Crippen molar-refractivity contribution in [3.8, 4) is 0 Å². The molecule has 1 aliphatic rings. The molecule has 1 saturated carbocycles. The molecule has 0 spiro atoms. The number of hydrogen-bond donors (Lipinski definition) is 2. The summed E-state index contributed by atoms with van der Waals surface area (Å²) in [7, 11) is 0. The first-order valence-electron chi connectivity index (χ1n) is 8.11. The Bertz CT molecular complexity index is 848. The summed E-state index contributed by atoms with van der Waals surface area (Å²) in [4.78, 5) is 23.5. The number of nitrogens with zero attached hydrogens (tertiary/aromatic N) is 2. The molecule has 1 aliphatic carbocycles. The van der Waals surface area contributed by atoms with Gasteiger partial charge in [0, 0.05) is 11.6 Å². The molecule has 0 radical (unpaired) electrons. The molecule has 0 atom stereocenters. The summed E-state index contributed by atoms with van der Waals surface area (Å²) in [6, 6.07) is 4.99. The van der Waals surface area contributed by atoms with Gasteiger partial charge in [-0.15, -0.1) is 0 Å². The van der Waals surface area contributed by atoms with Crippen LogP contribution < -0.4 is 5.32 Å². The van der Waals surface area contributed by atoms with Gasteiger partial charge in [-0.25, -0.2) is 9.18 Å². The SMILES string of the molecule is CC(C)(C)n1nc(C(=O)Nc2cc(C(=O)O)ccc2F)cc1C1CC1. The van der Waals surface area contributed by atoms with E-state index in [4.69, 9.17) is 5.11 Å². The second-order valence-electron chi connectivity index (χ2n) is 7.27. The summed E-state index contributed by atoms with van der Waals surface area (Å²) in [5.74, 6) is -2.05. The zero-order valence-electron chi connectivity index (χ0n) is 14.3. The minimum atomic E-state index is -1.19. The van der Waals surface area contributed by atoms with Gasteiger partial charge in [-0.1, -0.05) is 0 Å². The molecule has 0 bridgehead atoms. The Kier molecular flexibility index (Phi) is 4.10. The number of halogens is 1. The average Bonchev–Trinajstić information content (AvgIpc) is 3.26. The zero-order chi connectivity index (χ0) is 18.4. The molecule has 0 aliphatic heterocycles. The van der Waals surface area contributed by atoms with E-state index in [1.807, 2.05) is 25.5 Å². The molecule has 3 rings (SSSR count). The predicted octanol–water partition coefficient (Wildman–Crippen LogP) is 3.61. The van der Waals surface area contributed by atoms with Crippen LogP contribution in [0.2, 0.25) is 0 Å². The van der Waals surface area contributed by atoms with Crippen molar-refractivity contribution in [3.05, 3.63) is 47.0 Å². The monoisotopic (exact) mass is 345 g/mol. The van der Waals surface area contributed by atoms with Gasteiger partial charge >= 0.3 is 5.97 Å². The fourth-order valence-corrected chi connectivity index (χ4v) is 2.65. The fraction of sp³-hybridized carbons (Fsp3) is 0.389. The number of aromatic carboxylic acids is 1. The van der Waals surface area contributed by atoms with Crippen molar-refractivity contribution >= 4 is 17.6 Å². The van der Waals surface area contributed by atoms with Crippen molar-refractivity contribution in [2.45, 2.75) is 45.1 Å². The Balaban J connectivity index is 1.89. The molecule has 0 unspecified atom stereocenters. The first-order valence-corrected chi connectivity index (χ1v) is 8.11. The molecule has 132 valence electrons. The molecular weight excluding hydrogens is 325 g/mol. The summed E-state index contributed by atoms with van der Waals surface area (Å²) in [5, 5.41) is 15.8. The third kappa shape index (κ3) is 3.55. The minimum absolute atomic E-state index is 0.101. The van der Waals surface area contributed by atoms with Crippen molar-refractivity contribution in [3.63, 3.8) is 0 Å². The van der Waals surface area contributed by atoms with E-state index in [9.17, 15) is 14.0 Å². The van der Waals surface area contributed by atoms with Crippen LogP contribution in [0.3, 0.4) is 0 Å². The maximum Gasteiger partial charge on any atom is 0.335 e. The Morgan fingerprint density at radius 3 is 2.52 bits per heavy atom. The molecule has 2 aromatic rings. The van der Waals surface area contributed by atoms with Crippen molar-refractivity contribution < 1.29 is 19.1 Å². The van der Waals surface area contributed by atoms with Crippen LogP contribution in [-0.4, -0.2) is 26.8 Å². The molecule has 6 nitrogen and oxygen atoms in total. The predicted molar refractivity (Wildman–Crippen MR) is 90.5 cm³/mol. The maximum absolute atomic E-state index is 13.9. The van der Waals surface area contributed by atoms with Crippen LogP contribution in [0.1, 0.15) is 66.1 Å². The second kappa shape index (κ2) is 5.98. The standard InChI is InChI=1S/C18H20FN3O3/c1-18(2,3)22-15(10-4-5-10)9-14(21-22)16(23)20-13-8-11(17(24)25)6-7-12(13)19/h6-10H,4-5H2,1-3H3,(H,20,23)(H,24,25). The highest BCUT2D eigenvalue weighted by atomic mass is 19.1. The van der Waals surface area contributed by atoms with Crippen molar-refractivity contribution in [1.82, 2.24) is 9.78 Å². The molecule has 7 heteroatoms. The van der Waals surface area contributed by atoms with E-state index in [1.165, 1.54) is 0 Å². The number of anilines is 1. The van der Waals surface area contributed by atoms with Crippen molar-refractivity contribution in [2.75, 3.05) is 5.32 Å². The van der Waals surface area contributed by atoms with Gasteiger partial charge in [0.1, 0.15) is 5.82 Å². The van der Waals surface area contributed by atoms with Crippen molar-refractivity contribution in [2.24, 2.45) is 0 Å². The van der Waals surface area contributed by atoms with Gasteiger partial charge in [-0.05, 0) is 57.9 Å². The first kappa shape index (κ1) is 17.1. The lowest BCUT2D eigenvalue weighted by Gasteiger charge is -2.22. The highest BCUT2D eigenvalue weighted by Crippen LogP contribution is 2.41. The van der Waals surface area contributed by atoms with Crippen LogP contribution in [0.5, 0.6) is 0 Å². The molecule has 1 amide bonds. The average molecular weight is 345 g/mol. The van der Waals surface area contributed by atoms with E-state index in [0.29, 0.717) is 5.92 Å². The normalized spacial score (nSPS) is 14.4. The number of rotatable bonds is 4. The third-order valence-electron chi connectivity index (χ3n) is 4.06. The minimum Gasteiger partial charge on any atom is -0.478 e. The lowest BCUT2D eigenvalue weighted by atomic mass is 10.1. The van der Waals surface area contributed by atoms with Gasteiger partial charge in [0.25, 0.3) is 5.91 Å². The molecule has 1 fully saturated rings. The zero-order valence-corrected chi connectivity index (χ0v) is 14.3. The summed E-state index contributed by atoms with van der Waals surface area (Å²) in [6.07, 6.45) is 2.14. The van der Waals surface area contributed by atoms with Gasteiger partial charge in [-0.3, -0.25) is 9.48 Å². The molecule has 1 aromatic heterocycles. The summed E-state index contributed by atoms with van der Waals surface area (Å²) < 4.78 is 15.7. The van der Waals surface area contributed by atoms with Gasteiger partial charge in [0.05, 0.1) is 16.8 Å². The Labute approximate surface area is 144 Å². The number of benzene rings is 1. The van der Waals surface area contributed by atoms with E-state index in [-0.39, 0.29) is 22.5 Å². The Hall–Kier alpha value is -2.70. The van der Waals surface area contributed by atoms with E-state index >= 15 is 0 Å². The summed E-state index contributed by atoms with van der Waals surface area (Å²) in [6.45, 7) is 6.01. The van der Waals surface area contributed by atoms with Crippen LogP contribution in [0, 0.1) is 5.82 Å². The number of aromatic nitrogens is 2. The van der Waals surface area contributed by atoms with Crippen LogP contribution in [0.15, 0.2) is 24.3 Å². The quantitative estimate of drug-likeness (QED) is 0.887. The number of carbonyl (C=O) groups excluding carboxylic acids is 1. The van der Waals surface area contributed by atoms with E-state index < -0.39 is 17.7 Å². The van der Waals surface area contributed by atoms with E-state index in [0.717, 1.165) is 36.7 Å². The highest BCUT2D eigenvalue weighted by Gasteiger charge is 2.32. The van der Waals surface area contributed by atoms with Gasteiger partial charge in [-0.2, -0.15) is 5.10 Å². The molecule has 25 heavy (non-hydrogen) atoms. The van der Waals surface area contributed by atoms with Crippen molar-refractivity contribution in [1.29, 1.82) is 0 Å². The van der Waals surface area contributed by atoms with Crippen LogP contribution in [0.25, 0.3) is 0 Å². The lowest BCUT2D eigenvalue weighted by Crippen LogP contribution is -2.26. The number of carboxylic acids is 1. The molecule has 1 aromatic carbocycles. The third-order valence-corrected chi connectivity index (χ3v) is 4.06. The van der Waals surface area contributed by atoms with Crippen LogP contribution in [0.4, 0.5) is 10.1 Å². The lowest BCUT2D eigenvalue weighted by molar-refractivity contribution is 0.0696. The highest BCUT2D eigenvalue weighted by molar-refractivity contribution is 6.03. The molecule has 1 heterocycles. The Morgan fingerprint density at radius 2 is 1.96 bits per heavy atom. The maximum atomic E-state index is 13.9. The second-order valence-corrected chi connectivity index (χ2v) is 7.27. The molecule has 0 saturated heterocycles. The van der Waals surface area contributed by atoms with E-state index in [1.54, 1.807) is 6.07 Å². The smallest absolute Gasteiger partial charge is 0.335 e. The number of carboxylic acid groups (broad SMARTS) is 1. The number of hydrogen-bond acceptors (Lipinski definition) is 3. The number of carbonyl (C=O) groups is 2. The number of nitrogens with one attached hydrogen (secondary N) is 1. The number of amides is 1. The first-order chi connectivity index (χ1) is 11.7. The van der Waals surface area contributed by atoms with E-state index in [2.05, 4.69) is 10.4 Å². The summed E-state index contributed by atoms with van der Waals surface area (Å²) >= 11 is 0. The Morgan fingerprint density at radius 1 is 1.28 bits per heavy atom. The van der Waals surface area contributed by atoms with Gasteiger partial charge in [0.15, 0.2) is 5.69 Å². The van der Waals surface area contributed by atoms with Crippen LogP contribution in [-0.2, 0) is 5.54 Å². The van der Waals surface area contributed by atoms with Gasteiger partial charge in [0.2, 0.25) is 0 Å².